The van der Waals surface area contributed by atoms with E-state index in [1.54, 1.807) is 18.7 Å². The fourth-order valence-electron chi connectivity index (χ4n) is 3.25. The second-order valence-electron chi connectivity index (χ2n) is 6.81. The van der Waals surface area contributed by atoms with Gasteiger partial charge in [-0.2, -0.15) is 0 Å². The van der Waals surface area contributed by atoms with Crippen LogP contribution in [0.3, 0.4) is 0 Å². The van der Waals surface area contributed by atoms with Gasteiger partial charge in [-0.05, 0) is 37.8 Å². The van der Waals surface area contributed by atoms with E-state index in [9.17, 15) is 9.59 Å². The molecule has 2 aliphatic heterocycles. The van der Waals surface area contributed by atoms with Crippen molar-refractivity contribution in [3.05, 3.63) is 46.7 Å². The fourth-order valence-corrected chi connectivity index (χ4v) is 4.28. The first kappa shape index (κ1) is 18.7. The highest BCUT2D eigenvalue weighted by Crippen LogP contribution is 2.43. The Balaban J connectivity index is 2.11. The molecule has 26 heavy (non-hydrogen) atoms. The lowest BCUT2D eigenvalue weighted by molar-refractivity contribution is -0.139. The van der Waals surface area contributed by atoms with Crippen molar-refractivity contribution in [1.29, 1.82) is 0 Å². The molecule has 1 aromatic rings. The van der Waals surface area contributed by atoms with Gasteiger partial charge in [0, 0.05) is 0 Å². The zero-order chi connectivity index (χ0) is 19.0. The van der Waals surface area contributed by atoms with Gasteiger partial charge in [-0.25, -0.2) is 9.79 Å². The van der Waals surface area contributed by atoms with E-state index in [4.69, 9.17) is 4.74 Å². The topological polar surface area (TPSA) is 59.0 Å². The molecule has 1 saturated heterocycles. The molecule has 0 spiro atoms. The molecule has 0 aromatic heterocycles. The number of fused-ring (bicyclic) bond motifs is 1. The molecule has 0 aliphatic carbocycles. The van der Waals surface area contributed by atoms with Crippen LogP contribution in [-0.2, 0) is 14.3 Å². The number of carbonyl (C=O) groups excluding carboxylic acids is 2. The van der Waals surface area contributed by atoms with Crippen molar-refractivity contribution >= 4 is 28.8 Å². The molecular weight excluding hydrogens is 348 g/mol. The number of hydrogen-bond acceptors (Lipinski definition) is 5. The minimum Gasteiger partial charge on any atom is -0.463 e. The van der Waals surface area contributed by atoms with Crippen LogP contribution in [0.25, 0.3) is 0 Å². The van der Waals surface area contributed by atoms with Gasteiger partial charge in [0.25, 0.3) is 0 Å². The molecule has 138 valence electrons. The molecule has 2 aliphatic rings. The van der Waals surface area contributed by atoms with Gasteiger partial charge in [-0.15, -0.1) is 0 Å². The molecule has 2 heterocycles. The van der Waals surface area contributed by atoms with Gasteiger partial charge in [0.2, 0.25) is 5.91 Å². The molecule has 0 bridgehead atoms. The Bertz CT molecular complexity index is 796. The first-order chi connectivity index (χ1) is 12.3. The minimum absolute atomic E-state index is 0.0269. The average Bonchev–Trinajstić information content (AvgIpc) is 2.87. The normalized spacial score (nSPS) is 22.6. The first-order valence-electron chi connectivity index (χ1n) is 8.91. The van der Waals surface area contributed by atoms with Crippen LogP contribution in [-0.4, -0.2) is 33.8 Å². The molecule has 5 nitrogen and oxygen atoms in total. The zero-order valence-electron chi connectivity index (χ0n) is 15.8. The van der Waals surface area contributed by atoms with Crippen molar-refractivity contribution < 1.29 is 14.3 Å². The van der Waals surface area contributed by atoms with Gasteiger partial charge in [0.05, 0.1) is 29.2 Å². The summed E-state index contributed by atoms with van der Waals surface area (Å²) in [5, 5.41) is 0.450. The maximum atomic E-state index is 12.8. The number of esters is 1. The Morgan fingerprint density at radius 2 is 1.96 bits per heavy atom. The monoisotopic (exact) mass is 372 g/mol. The molecule has 0 radical (unpaired) electrons. The Kier molecular flexibility index (Phi) is 5.23. The Labute approximate surface area is 158 Å². The molecular formula is C20H24N2O3S. The van der Waals surface area contributed by atoms with Crippen LogP contribution < -0.4 is 0 Å². The molecule has 1 fully saturated rings. The number of carbonyl (C=O) groups is 2. The maximum absolute atomic E-state index is 12.8. The number of benzene rings is 1. The van der Waals surface area contributed by atoms with Crippen molar-refractivity contribution in [2.45, 2.75) is 51.8 Å². The molecule has 0 saturated carbocycles. The second kappa shape index (κ2) is 7.27. The van der Waals surface area contributed by atoms with Gasteiger partial charge in [-0.1, -0.05) is 49.9 Å². The average molecular weight is 372 g/mol. The lowest BCUT2D eigenvalue weighted by Crippen LogP contribution is -2.40. The number of amides is 1. The molecule has 3 rings (SSSR count). The van der Waals surface area contributed by atoms with Gasteiger partial charge in [-0.3, -0.25) is 9.69 Å². The highest BCUT2D eigenvalue weighted by molar-refractivity contribution is 8.15. The molecule has 0 unspecified atom stereocenters. The number of hydrogen-bond donors (Lipinski definition) is 0. The summed E-state index contributed by atoms with van der Waals surface area (Å²) in [5.41, 5.74) is 3.16. The van der Waals surface area contributed by atoms with Gasteiger partial charge < -0.3 is 4.74 Å². The Morgan fingerprint density at radius 1 is 1.31 bits per heavy atom. The second-order valence-corrected chi connectivity index (χ2v) is 8.11. The number of rotatable bonds is 4. The van der Waals surface area contributed by atoms with E-state index in [0.717, 1.165) is 5.56 Å². The van der Waals surface area contributed by atoms with E-state index in [0.29, 0.717) is 22.4 Å². The van der Waals surface area contributed by atoms with Crippen molar-refractivity contribution in [2.24, 2.45) is 4.99 Å². The van der Waals surface area contributed by atoms with E-state index in [-0.39, 0.29) is 17.8 Å². The van der Waals surface area contributed by atoms with Crippen LogP contribution in [0.4, 0.5) is 0 Å². The Morgan fingerprint density at radius 3 is 2.54 bits per heavy atom. The van der Waals surface area contributed by atoms with Crippen LogP contribution in [0, 0.1) is 0 Å². The minimum atomic E-state index is -0.493. The fraction of sp³-hybridized carbons (Fsp3) is 0.450. The molecule has 6 heteroatoms. The predicted molar refractivity (Wildman–Crippen MR) is 104 cm³/mol. The van der Waals surface area contributed by atoms with Crippen LogP contribution in [0.5, 0.6) is 0 Å². The van der Waals surface area contributed by atoms with Crippen molar-refractivity contribution in [2.75, 3.05) is 6.61 Å². The predicted octanol–water partition coefficient (Wildman–Crippen LogP) is 4.02. The van der Waals surface area contributed by atoms with Gasteiger partial charge in [0.15, 0.2) is 5.17 Å². The third kappa shape index (κ3) is 3.18. The molecule has 1 amide bonds. The smallest absolute Gasteiger partial charge is 0.338 e. The van der Waals surface area contributed by atoms with Crippen molar-refractivity contribution in [1.82, 2.24) is 4.90 Å². The SMILES string of the molecule is CCOC(=O)C1=C(C)N=C2S[C@@H](C)C(=O)N2[C@H]1c1ccc(C(C)C)cc1. The summed E-state index contributed by atoms with van der Waals surface area (Å²) in [7, 11) is 0. The van der Waals surface area contributed by atoms with E-state index < -0.39 is 12.0 Å². The third-order valence-electron chi connectivity index (χ3n) is 4.67. The highest BCUT2D eigenvalue weighted by atomic mass is 32.2. The first-order valence-corrected chi connectivity index (χ1v) is 9.79. The highest BCUT2D eigenvalue weighted by Gasteiger charge is 2.46. The standard InChI is InChI=1S/C20H24N2O3S/c1-6-25-19(24)16-12(4)21-20-22(18(23)13(5)26-20)17(16)15-9-7-14(8-10-15)11(2)3/h7-11,13,17H,6H2,1-5H3/t13-,17-/m0/s1. The van der Waals surface area contributed by atoms with E-state index in [2.05, 4.69) is 31.0 Å². The number of amidine groups is 1. The number of nitrogens with zero attached hydrogens (tertiary/aromatic N) is 2. The molecule has 0 N–H and O–H groups in total. The third-order valence-corrected chi connectivity index (χ3v) is 5.73. The summed E-state index contributed by atoms with van der Waals surface area (Å²) in [4.78, 5) is 31.6. The van der Waals surface area contributed by atoms with E-state index >= 15 is 0 Å². The van der Waals surface area contributed by atoms with Crippen LogP contribution in [0.2, 0.25) is 0 Å². The quantitative estimate of drug-likeness (QED) is 0.749. The van der Waals surface area contributed by atoms with Crippen molar-refractivity contribution in [3.8, 4) is 0 Å². The number of allylic oxidation sites excluding steroid dienone is 1. The summed E-state index contributed by atoms with van der Waals surface area (Å²) in [5.74, 6) is -0.0256. The molecule has 1 aromatic carbocycles. The number of aliphatic imine (C=N–C) groups is 1. The Hall–Kier alpha value is -2.08. The maximum Gasteiger partial charge on any atom is 0.338 e. The lowest BCUT2D eigenvalue weighted by atomic mass is 9.92. The van der Waals surface area contributed by atoms with E-state index in [1.165, 1.54) is 17.3 Å². The number of thioether (sulfide) groups is 1. The summed E-state index contributed by atoms with van der Waals surface area (Å²) < 4.78 is 5.27. The van der Waals surface area contributed by atoms with Gasteiger partial charge >= 0.3 is 5.97 Å². The van der Waals surface area contributed by atoms with Crippen molar-refractivity contribution in [3.63, 3.8) is 0 Å². The van der Waals surface area contributed by atoms with Crippen LogP contribution >= 0.6 is 11.8 Å². The van der Waals surface area contributed by atoms with Crippen LogP contribution in [0.15, 0.2) is 40.5 Å². The summed E-state index contributed by atoms with van der Waals surface area (Å²) in [6.07, 6.45) is 0. The number of ether oxygens (including phenoxy) is 1. The zero-order valence-corrected chi connectivity index (χ0v) is 16.6. The summed E-state index contributed by atoms with van der Waals surface area (Å²) >= 11 is 1.43. The summed E-state index contributed by atoms with van der Waals surface area (Å²) in [6.45, 7) is 10.0. The molecule has 2 atom stereocenters. The van der Waals surface area contributed by atoms with Crippen LogP contribution in [0.1, 0.15) is 57.7 Å². The lowest BCUT2D eigenvalue weighted by Gasteiger charge is -2.33. The largest absolute Gasteiger partial charge is 0.463 e. The summed E-state index contributed by atoms with van der Waals surface area (Å²) in [6, 6.07) is 7.61. The van der Waals surface area contributed by atoms with Gasteiger partial charge in [0.1, 0.15) is 0 Å². The van der Waals surface area contributed by atoms with E-state index in [1.807, 2.05) is 19.1 Å².